The zero-order valence-electron chi connectivity index (χ0n) is 20.0. The number of hydrogen-bond acceptors (Lipinski definition) is 5. The number of sulfonamides is 1. The second-order valence-electron chi connectivity index (χ2n) is 8.62. The molecule has 1 aliphatic rings. The van der Waals surface area contributed by atoms with E-state index in [1.807, 2.05) is 36.4 Å². The fourth-order valence-electron chi connectivity index (χ4n) is 4.35. The second-order valence-corrected chi connectivity index (χ2v) is 11.9. The zero-order chi connectivity index (χ0) is 26.3. The molecule has 2 heterocycles. The first-order chi connectivity index (χ1) is 17.7. The molecule has 7 nitrogen and oxygen atoms in total. The number of benzene rings is 3. The molecule has 0 radical (unpaired) electrons. The maximum Gasteiger partial charge on any atom is 0.236 e. The molecule has 1 aromatic heterocycles. The molecular weight excluding hydrogens is 555 g/mol. The van der Waals surface area contributed by atoms with Crippen molar-refractivity contribution in [3.8, 4) is 22.7 Å². The molecule has 3 aromatic carbocycles. The molecule has 5 rings (SSSR count). The van der Waals surface area contributed by atoms with Gasteiger partial charge in [0.15, 0.2) is 0 Å². The Hall–Kier alpha value is -2.75. The van der Waals surface area contributed by atoms with Crippen LogP contribution in [-0.2, 0) is 16.6 Å². The van der Waals surface area contributed by atoms with Gasteiger partial charge in [0.1, 0.15) is 17.1 Å². The van der Waals surface area contributed by atoms with Crippen LogP contribution in [0.3, 0.4) is 0 Å². The highest BCUT2D eigenvalue weighted by Crippen LogP contribution is 2.44. The highest BCUT2D eigenvalue weighted by molar-refractivity contribution is 7.92. The van der Waals surface area contributed by atoms with E-state index in [4.69, 9.17) is 44.6 Å². The number of rotatable bonds is 6. The first kappa shape index (κ1) is 25.9. The summed E-state index contributed by atoms with van der Waals surface area (Å²) in [7, 11) is -0.491. The van der Waals surface area contributed by atoms with Crippen molar-refractivity contribution in [3.63, 3.8) is 0 Å². The highest BCUT2D eigenvalue weighted by atomic mass is 35.5. The zero-order valence-corrected chi connectivity index (χ0v) is 23.0. The van der Waals surface area contributed by atoms with Crippen LogP contribution in [-0.4, -0.2) is 38.1 Å². The normalized spacial score (nSPS) is 16.5. The molecule has 4 aromatic rings. The van der Waals surface area contributed by atoms with Crippen molar-refractivity contribution in [2.75, 3.05) is 24.2 Å². The van der Waals surface area contributed by atoms with Crippen LogP contribution in [0.4, 0.5) is 5.69 Å². The molecule has 0 saturated carbocycles. The van der Waals surface area contributed by atoms with E-state index in [9.17, 15) is 8.42 Å². The number of hydrogen-bond donors (Lipinski definition) is 1. The average molecular weight is 578 g/mol. The van der Waals surface area contributed by atoms with Crippen LogP contribution in [0.1, 0.15) is 17.3 Å². The smallest absolute Gasteiger partial charge is 0.236 e. The van der Waals surface area contributed by atoms with Gasteiger partial charge in [-0.2, -0.15) is 5.10 Å². The Morgan fingerprint density at radius 3 is 2.32 bits per heavy atom. The van der Waals surface area contributed by atoms with Crippen LogP contribution in [0.5, 0.6) is 5.75 Å². The van der Waals surface area contributed by atoms with E-state index < -0.39 is 16.1 Å². The number of nitrogens with one attached hydrogen (secondary N) is 1. The largest absolute Gasteiger partial charge is 0.497 e. The number of ether oxygens (including phenoxy) is 1. The predicted octanol–water partition coefficient (Wildman–Crippen LogP) is 6.12. The van der Waals surface area contributed by atoms with Gasteiger partial charge in [0.2, 0.25) is 10.0 Å². The first-order valence-electron chi connectivity index (χ1n) is 11.3. The van der Waals surface area contributed by atoms with Gasteiger partial charge < -0.3 is 10.1 Å². The standard InChI is InChI=1S/C26H23Cl3N4O3S/c1-32-26-24(22(15-37(32,34)35)30-14-16-3-10-20(36-2)11-4-16)31-33(23-12-9-19(28)13-21(23)29)25(26)17-5-7-18(27)8-6-17/h3-13,22,30H,14-15H2,1-2H3. The Morgan fingerprint density at radius 2 is 1.68 bits per heavy atom. The minimum absolute atomic E-state index is 0.141. The van der Waals surface area contributed by atoms with Gasteiger partial charge >= 0.3 is 0 Å². The Balaban J connectivity index is 1.66. The lowest BCUT2D eigenvalue weighted by Gasteiger charge is -2.30. The van der Waals surface area contributed by atoms with E-state index in [1.165, 1.54) is 4.31 Å². The third-order valence-electron chi connectivity index (χ3n) is 6.29. The average Bonchev–Trinajstić information content (AvgIpc) is 3.26. The summed E-state index contributed by atoms with van der Waals surface area (Å²) < 4.78 is 34.8. The monoisotopic (exact) mass is 576 g/mol. The van der Waals surface area contributed by atoms with Crippen LogP contribution < -0.4 is 14.4 Å². The van der Waals surface area contributed by atoms with E-state index in [2.05, 4.69) is 5.32 Å². The fraction of sp³-hybridized carbons (Fsp3) is 0.192. The van der Waals surface area contributed by atoms with Crippen LogP contribution in [0.15, 0.2) is 66.7 Å². The third-order valence-corrected chi connectivity index (χ3v) is 8.85. The number of methoxy groups -OCH3 is 1. The first-order valence-corrected chi connectivity index (χ1v) is 14.1. The van der Waals surface area contributed by atoms with Crippen molar-refractivity contribution in [1.82, 2.24) is 15.1 Å². The van der Waals surface area contributed by atoms with Crippen molar-refractivity contribution >= 4 is 50.5 Å². The maximum absolute atomic E-state index is 13.3. The lowest BCUT2D eigenvalue weighted by molar-refractivity contribution is 0.414. The van der Waals surface area contributed by atoms with E-state index in [1.54, 1.807) is 49.2 Å². The summed E-state index contributed by atoms with van der Waals surface area (Å²) >= 11 is 18.9. The van der Waals surface area contributed by atoms with Gasteiger partial charge in [0.25, 0.3) is 0 Å². The van der Waals surface area contributed by atoms with Crippen molar-refractivity contribution in [2.45, 2.75) is 12.6 Å². The Bertz CT molecular complexity index is 1560. The van der Waals surface area contributed by atoms with Gasteiger partial charge in [-0.15, -0.1) is 0 Å². The molecule has 37 heavy (non-hydrogen) atoms. The highest BCUT2D eigenvalue weighted by Gasteiger charge is 2.40. The van der Waals surface area contributed by atoms with Gasteiger partial charge in [-0.25, -0.2) is 13.1 Å². The Morgan fingerprint density at radius 1 is 1.00 bits per heavy atom. The minimum atomic E-state index is -3.65. The van der Waals surface area contributed by atoms with Gasteiger partial charge in [-0.1, -0.05) is 59.1 Å². The summed E-state index contributed by atoms with van der Waals surface area (Å²) in [4.78, 5) is 0. The SMILES string of the molecule is COc1ccc(CNC2CS(=O)(=O)N(C)c3c2nn(-c2ccc(Cl)cc2Cl)c3-c2ccc(Cl)cc2)cc1. The van der Waals surface area contributed by atoms with Gasteiger partial charge in [-0.05, 0) is 48.0 Å². The summed E-state index contributed by atoms with van der Waals surface area (Å²) in [6.07, 6.45) is 0. The van der Waals surface area contributed by atoms with Crippen molar-refractivity contribution in [2.24, 2.45) is 0 Å². The summed E-state index contributed by atoms with van der Waals surface area (Å²) in [5.41, 5.74) is 3.95. The van der Waals surface area contributed by atoms with E-state index >= 15 is 0 Å². The number of nitrogens with zero attached hydrogens (tertiary/aromatic N) is 3. The number of halogens is 3. The number of fused-ring (bicyclic) bond motifs is 1. The molecule has 0 bridgehead atoms. The van der Waals surface area contributed by atoms with E-state index in [-0.39, 0.29) is 5.75 Å². The van der Waals surface area contributed by atoms with Gasteiger partial charge in [0, 0.05) is 29.2 Å². The molecular formula is C26H23Cl3N4O3S. The lowest BCUT2D eigenvalue weighted by Crippen LogP contribution is -2.41. The maximum atomic E-state index is 13.3. The number of aromatic nitrogens is 2. The van der Waals surface area contributed by atoms with Crippen LogP contribution in [0, 0.1) is 0 Å². The molecule has 0 fully saturated rings. The molecule has 1 unspecified atom stereocenters. The van der Waals surface area contributed by atoms with E-state index in [0.29, 0.717) is 44.4 Å². The van der Waals surface area contributed by atoms with E-state index in [0.717, 1.165) is 16.9 Å². The molecule has 1 aliphatic heterocycles. The quantitative estimate of drug-likeness (QED) is 0.299. The fourth-order valence-corrected chi connectivity index (χ4v) is 6.34. The molecule has 0 spiro atoms. The number of anilines is 1. The van der Waals surface area contributed by atoms with Gasteiger partial charge in [-0.3, -0.25) is 4.31 Å². The van der Waals surface area contributed by atoms with Crippen molar-refractivity contribution in [3.05, 3.63) is 93.1 Å². The molecule has 1 atom stereocenters. The molecule has 192 valence electrons. The topological polar surface area (TPSA) is 76.5 Å². The summed E-state index contributed by atoms with van der Waals surface area (Å²) in [5.74, 6) is 0.608. The molecule has 0 saturated heterocycles. The molecule has 0 amide bonds. The predicted molar refractivity (Wildman–Crippen MR) is 149 cm³/mol. The molecule has 11 heteroatoms. The molecule has 0 aliphatic carbocycles. The van der Waals surface area contributed by atoms with Crippen LogP contribution >= 0.6 is 34.8 Å². The molecule has 1 N–H and O–H groups in total. The van der Waals surface area contributed by atoms with Crippen LogP contribution in [0.2, 0.25) is 15.1 Å². The summed E-state index contributed by atoms with van der Waals surface area (Å²) in [6.45, 7) is 0.443. The van der Waals surface area contributed by atoms with Crippen molar-refractivity contribution in [1.29, 1.82) is 0 Å². The lowest BCUT2D eigenvalue weighted by atomic mass is 10.1. The Labute approximate surface area is 230 Å². The van der Waals surface area contributed by atoms with Gasteiger partial charge in [0.05, 0.1) is 35.3 Å². The Kier molecular flexibility index (Phi) is 7.13. The summed E-state index contributed by atoms with van der Waals surface area (Å²) in [5, 5.41) is 9.73. The minimum Gasteiger partial charge on any atom is -0.497 e. The summed E-state index contributed by atoms with van der Waals surface area (Å²) in [6, 6.07) is 19.3. The third kappa shape index (κ3) is 5.04. The van der Waals surface area contributed by atoms with Crippen LogP contribution in [0.25, 0.3) is 16.9 Å². The van der Waals surface area contributed by atoms with Crippen molar-refractivity contribution < 1.29 is 13.2 Å². The second kappa shape index (κ2) is 10.2.